The predicted octanol–water partition coefficient (Wildman–Crippen LogP) is 4.95. The van der Waals surface area contributed by atoms with Crippen molar-refractivity contribution >= 4 is 5.91 Å². The Labute approximate surface area is 156 Å². The summed E-state index contributed by atoms with van der Waals surface area (Å²) in [4.78, 5) is 12.0. The number of hydrogen-bond acceptors (Lipinski definition) is 3. The van der Waals surface area contributed by atoms with Crippen LogP contribution in [0.2, 0.25) is 0 Å². The number of aromatic hydroxyl groups is 2. The van der Waals surface area contributed by atoms with Crippen LogP contribution >= 0.6 is 0 Å². The van der Waals surface area contributed by atoms with Crippen LogP contribution in [-0.4, -0.2) is 16.1 Å². The van der Waals surface area contributed by atoms with Gasteiger partial charge in [-0.1, -0.05) is 43.6 Å². The van der Waals surface area contributed by atoms with Crippen LogP contribution in [0.3, 0.4) is 0 Å². The molecule has 4 N–H and O–H groups in total. The number of carbonyl (C=O) groups is 1. The van der Waals surface area contributed by atoms with E-state index in [4.69, 9.17) is 5.73 Å². The van der Waals surface area contributed by atoms with Gasteiger partial charge in [-0.2, -0.15) is 0 Å². The Bertz CT molecular complexity index is 733. The molecule has 0 spiro atoms. The molecule has 0 radical (unpaired) electrons. The first kappa shape index (κ1) is 20.1. The maximum absolute atomic E-state index is 12.0. The molecule has 0 saturated heterocycles. The molecule has 0 heterocycles. The van der Waals surface area contributed by atoms with Gasteiger partial charge in [0.15, 0.2) is 0 Å². The molecule has 2 rings (SSSR count). The van der Waals surface area contributed by atoms with Crippen molar-refractivity contribution in [3.05, 3.63) is 46.6 Å². The summed E-state index contributed by atoms with van der Waals surface area (Å²) >= 11 is 0. The molecule has 1 aromatic carbocycles. The highest BCUT2D eigenvalue weighted by Gasteiger charge is 2.32. The number of nitrogens with two attached hydrogens (primary N) is 1. The number of phenolic OH excluding ortho intramolecular Hbond substituents is 1. The molecule has 2 unspecified atom stereocenters. The largest absolute Gasteiger partial charge is 0.507 e. The first-order valence-corrected chi connectivity index (χ1v) is 9.48. The van der Waals surface area contributed by atoms with E-state index in [1.165, 1.54) is 5.57 Å². The monoisotopic (exact) mass is 357 g/mol. The van der Waals surface area contributed by atoms with Gasteiger partial charge in [0.25, 0.3) is 5.91 Å². The molecule has 2 atom stereocenters. The Morgan fingerprint density at radius 3 is 2.62 bits per heavy atom. The Hall–Kier alpha value is -2.23. The summed E-state index contributed by atoms with van der Waals surface area (Å²) in [6.45, 7) is 10.2. The summed E-state index contributed by atoms with van der Waals surface area (Å²) in [5.74, 6) is -0.891. The highest BCUT2D eigenvalue weighted by Crippen LogP contribution is 2.48. The van der Waals surface area contributed by atoms with Crippen molar-refractivity contribution in [2.45, 2.75) is 65.2 Å². The molecule has 1 amide bonds. The van der Waals surface area contributed by atoms with Crippen LogP contribution in [0.5, 0.6) is 11.5 Å². The Balaban J connectivity index is 2.58. The van der Waals surface area contributed by atoms with Crippen molar-refractivity contribution in [3.8, 4) is 11.5 Å². The maximum Gasteiger partial charge on any atom is 0.252 e. The van der Waals surface area contributed by atoms with Gasteiger partial charge in [0.2, 0.25) is 0 Å². The number of benzene rings is 1. The molecule has 142 valence electrons. The van der Waals surface area contributed by atoms with Gasteiger partial charge in [-0.15, -0.1) is 0 Å². The molecular weight excluding hydrogens is 326 g/mol. The molecular formula is C22H31NO3. The number of amides is 1. The third-order valence-corrected chi connectivity index (χ3v) is 5.41. The number of rotatable bonds is 7. The van der Waals surface area contributed by atoms with Crippen LogP contribution in [-0.2, 0) is 6.42 Å². The fraction of sp³-hybridized carbons (Fsp3) is 0.500. The van der Waals surface area contributed by atoms with Crippen LogP contribution in [0.1, 0.15) is 80.3 Å². The highest BCUT2D eigenvalue weighted by atomic mass is 16.3. The van der Waals surface area contributed by atoms with Crippen LogP contribution in [0.25, 0.3) is 0 Å². The standard InChI is InChI=1S/C22H31NO3/c1-5-6-7-8-15-12-18(24)20(21(25)19(15)22(23)26)17-11-14(4)9-10-16(17)13(2)3/h11-12,16-17,24-25H,2,5-10H2,1,3-4H3,(H2,23,26). The van der Waals surface area contributed by atoms with Gasteiger partial charge < -0.3 is 15.9 Å². The lowest BCUT2D eigenvalue weighted by molar-refractivity contribution is 0.0996. The summed E-state index contributed by atoms with van der Waals surface area (Å²) in [7, 11) is 0. The van der Waals surface area contributed by atoms with Gasteiger partial charge in [-0.05, 0) is 57.1 Å². The molecule has 0 aromatic heterocycles. The van der Waals surface area contributed by atoms with Crippen molar-refractivity contribution in [1.82, 2.24) is 0 Å². The molecule has 1 aliphatic rings. The number of aryl methyl sites for hydroxylation is 1. The molecule has 0 fully saturated rings. The smallest absolute Gasteiger partial charge is 0.252 e. The molecule has 1 aliphatic carbocycles. The lowest BCUT2D eigenvalue weighted by Crippen LogP contribution is -2.20. The average molecular weight is 357 g/mol. The third kappa shape index (κ3) is 4.12. The minimum atomic E-state index is -0.654. The first-order valence-electron chi connectivity index (χ1n) is 9.48. The summed E-state index contributed by atoms with van der Waals surface area (Å²) in [6, 6.07) is 1.61. The van der Waals surface area contributed by atoms with Crippen LogP contribution in [0, 0.1) is 5.92 Å². The zero-order valence-corrected chi connectivity index (χ0v) is 16.1. The van der Waals surface area contributed by atoms with Gasteiger partial charge in [0, 0.05) is 11.5 Å². The second-order valence-corrected chi connectivity index (χ2v) is 7.54. The van der Waals surface area contributed by atoms with Gasteiger partial charge >= 0.3 is 0 Å². The molecule has 0 aliphatic heterocycles. The SMILES string of the molecule is C=C(C)C1CCC(C)=CC1c1c(O)cc(CCCCC)c(C(N)=O)c1O. The van der Waals surface area contributed by atoms with E-state index in [1.807, 2.05) is 13.8 Å². The van der Waals surface area contributed by atoms with E-state index in [9.17, 15) is 15.0 Å². The number of carbonyl (C=O) groups excluding carboxylic acids is 1. The van der Waals surface area contributed by atoms with E-state index in [1.54, 1.807) is 6.07 Å². The molecule has 1 aromatic rings. The van der Waals surface area contributed by atoms with E-state index < -0.39 is 5.91 Å². The van der Waals surface area contributed by atoms with Crippen molar-refractivity contribution in [2.24, 2.45) is 11.7 Å². The number of unbranched alkanes of at least 4 members (excludes halogenated alkanes) is 2. The fourth-order valence-electron chi connectivity index (χ4n) is 4.00. The number of hydrogen-bond donors (Lipinski definition) is 3. The van der Waals surface area contributed by atoms with E-state index in [2.05, 4.69) is 19.6 Å². The van der Waals surface area contributed by atoms with Crippen LogP contribution < -0.4 is 5.73 Å². The van der Waals surface area contributed by atoms with E-state index >= 15 is 0 Å². The molecule has 26 heavy (non-hydrogen) atoms. The number of primary amides is 1. The zero-order valence-electron chi connectivity index (χ0n) is 16.1. The minimum Gasteiger partial charge on any atom is -0.507 e. The first-order chi connectivity index (χ1) is 12.3. The summed E-state index contributed by atoms with van der Waals surface area (Å²) in [5, 5.41) is 21.6. The van der Waals surface area contributed by atoms with Gasteiger partial charge in [-0.3, -0.25) is 4.79 Å². The third-order valence-electron chi connectivity index (χ3n) is 5.41. The van der Waals surface area contributed by atoms with Crippen LogP contribution in [0.4, 0.5) is 0 Å². The Kier molecular flexibility index (Phi) is 6.52. The molecule has 4 nitrogen and oxygen atoms in total. The van der Waals surface area contributed by atoms with Gasteiger partial charge in [0.1, 0.15) is 11.5 Å². The van der Waals surface area contributed by atoms with E-state index in [0.717, 1.165) is 37.7 Å². The Morgan fingerprint density at radius 1 is 1.35 bits per heavy atom. The zero-order chi connectivity index (χ0) is 19.4. The van der Waals surface area contributed by atoms with Crippen molar-refractivity contribution in [1.29, 1.82) is 0 Å². The summed E-state index contributed by atoms with van der Waals surface area (Å²) in [5.41, 5.74) is 8.95. The average Bonchev–Trinajstić information content (AvgIpc) is 2.54. The quantitative estimate of drug-likeness (QED) is 0.477. The number of phenols is 2. The molecule has 4 heteroatoms. The predicted molar refractivity (Wildman–Crippen MR) is 106 cm³/mol. The lowest BCUT2D eigenvalue weighted by Gasteiger charge is -2.32. The number of allylic oxidation sites excluding steroid dienone is 3. The maximum atomic E-state index is 12.0. The molecule has 0 saturated carbocycles. The van der Waals surface area contributed by atoms with E-state index in [-0.39, 0.29) is 28.9 Å². The van der Waals surface area contributed by atoms with Gasteiger partial charge in [0.05, 0.1) is 5.56 Å². The second kappa shape index (κ2) is 8.43. The highest BCUT2D eigenvalue weighted by molar-refractivity contribution is 5.98. The van der Waals surface area contributed by atoms with Crippen LogP contribution in [0.15, 0.2) is 29.9 Å². The summed E-state index contributed by atoms with van der Waals surface area (Å²) in [6.07, 6.45) is 7.50. The Morgan fingerprint density at radius 2 is 2.04 bits per heavy atom. The van der Waals surface area contributed by atoms with Crippen molar-refractivity contribution in [3.63, 3.8) is 0 Å². The normalized spacial score (nSPS) is 19.9. The summed E-state index contributed by atoms with van der Waals surface area (Å²) < 4.78 is 0. The van der Waals surface area contributed by atoms with Crippen molar-refractivity contribution in [2.75, 3.05) is 0 Å². The molecule has 0 bridgehead atoms. The van der Waals surface area contributed by atoms with Crippen molar-refractivity contribution < 1.29 is 15.0 Å². The van der Waals surface area contributed by atoms with E-state index in [0.29, 0.717) is 17.5 Å². The minimum absolute atomic E-state index is 0.0289. The van der Waals surface area contributed by atoms with Gasteiger partial charge in [-0.25, -0.2) is 0 Å². The second-order valence-electron chi connectivity index (χ2n) is 7.54. The fourth-order valence-corrected chi connectivity index (χ4v) is 4.00. The lowest BCUT2D eigenvalue weighted by atomic mass is 9.73. The topological polar surface area (TPSA) is 83.5 Å².